The molecule has 0 spiro atoms. The van der Waals surface area contributed by atoms with E-state index in [-0.39, 0.29) is 17.6 Å². The number of piperazine rings is 1. The quantitative estimate of drug-likeness (QED) is 0.665. The van der Waals surface area contributed by atoms with Crippen LogP contribution in [0.1, 0.15) is 27.1 Å². The Labute approximate surface area is 168 Å². The highest BCUT2D eigenvalue weighted by Gasteiger charge is 2.31. The van der Waals surface area contributed by atoms with E-state index in [4.69, 9.17) is 0 Å². The minimum atomic E-state index is -0.365. The maximum Gasteiger partial charge on any atom is 0.259 e. The number of amides is 2. The summed E-state index contributed by atoms with van der Waals surface area (Å²) in [4.78, 5) is 29.4. The second-order valence-electron chi connectivity index (χ2n) is 8.02. The molecule has 1 saturated heterocycles. The van der Waals surface area contributed by atoms with Crippen LogP contribution in [0.5, 0.6) is 5.75 Å². The Morgan fingerprint density at radius 1 is 0.966 bits per heavy atom. The average molecular weight is 392 g/mol. The average Bonchev–Trinajstić information content (AvgIpc) is 3.17. The van der Waals surface area contributed by atoms with Gasteiger partial charge >= 0.3 is 0 Å². The molecule has 2 aromatic carbocycles. The minimum Gasteiger partial charge on any atom is -0.508 e. The number of aryl methyl sites for hydroxylation is 1. The largest absolute Gasteiger partial charge is 0.508 e. The van der Waals surface area contributed by atoms with Gasteiger partial charge < -0.3 is 19.5 Å². The Morgan fingerprint density at radius 3 is 2.52 bits per heavy atom. The Bertz CT molecular complexity index is 1140. The second kappa shape index (κ2) is 6.86. The van der Waals surface area contributed by atoms with Crippen LogP contribution in [0.2, 0.25) is 0 Å². The monoisotopic (exact) mass is 392 g/mol. The third-order valence-corrected chi connectivity index (χ3v) is 6.17. The van der Waals surface area contributed by atoms with Gasteiger partial charge in [-0.05, 0) is 50.3 Å². The van der Waals surface area contributed by atoms with Gasteiger partial charge in [0.15, 0.2) is 0 Å². The topological polar surface area (TPSA) is 77.8 Å². The first kappa shape index (κ1) is 18.1. The van der Waals surface area contributed by atoms with Crippen LogP contribution in [0.25, 0.3) is 21.8 Å². The van der Waals surface area contributed by atoms with Crippen molar-refractivity contribution in [3.63, 3.8) is 0 Å². The van der Waals surface area contributed by atoms with Crippen molar-refractivity contribution in [2.75, 3.05) is 39.8 Å². The Kier molecular flexibility index (Phi) is 4.29. The highest BCUT2D eigenvalue weighted by Crippen LogP contribution is 2.36. The molecule has 2 amide bonds. The number of aromatic nitrogens is 1. The van der Waals surface area contributed by atoms with E-state index in [0.717, 1.165) is 67.5 Å². The van der Waals surface area contributed by atoms with Crippen molar-refractivity contribution in [2.24, 2.45) is 0 Å². The Hall–Kier alpha value is -2.90. The molecule has 5 rings (SSSR count). The number of benzene rings is 2. The molecule has 150 valence electrons. The van der Waals surface area contributed by atoms with E-state index in [0.29, 0.717) is 11.1 Å². The number of imide groups is 1. The van der Waals surface area contributed by atoms with Crippen molar-refractivity contribution in [2.45, 2.75) is 13.0 Å². The molecule has 2 N–H and O–H groups in total. The number of carbonyl (C=O) groups is 2. The lowest BCUT2D eigenvalue weighted by Crippen LogP contribution is -2.44. The lowest BCUT2D eigenvalue weighted by molar-refractivity contribution is 0.0880. The molecular formula is C22H24N4O3. The molecule has 0 radical (unpaired) electrons. The fourth-order valence-corrected chi connectivity index (χ4v) is 4.60. The summed E-state index contributed by atoms with van der Waals surface area (Å²) in [6.07, 6.45) is 0.992. The van der Waals surface area contributed by atoms with Gasteiger partial charge in [0.2, 0.25) is 0 Å². The molecule has 0 saturated carbocycles. The van der Waals surface area contributed by atoms with Crippen molar-refractivity contribution >= 4 is 33.6 Å². The summed E-state index contributed by atoms with van der Waals surface area (Å²) in [5.74, 6) is -0.574. The smallest absolute Gasteiger partial charge is 0.259 e. The third kappa shape index (κ3) is 2.97. The van der Waals surface area contributed by atoms with E-state index in [1.165, 1.54) is 0 Å². The summed E-state index contributed by atoms with van der Waals surface area (Å²) in [5, 5.41) is 14.0. The molecule has 0 atom stereocenters. The highest BCUT2D eigenvalue weighted by atomic mass is 16.3. The number of carbonyl (C=O) groups excluding carboxylic acids is 2. The summed E-state index contributed by atoms with van der Waals surface area (Å²) < 4.78 is 2.20. The van der Waals surface area contributed by atoms with E-state index < -0.39 is 0 Å². The lowest BCUT2D eigenvalue weighted by atomic mass is 10.0. The van der Waals surface area contributed by atoms with Gasteiger partial charge in [0.05, 0.1) is 11.1 Å². The van der Waals surface area contributed by atoms with Gasteiger partial charge in [0, 0.05) is 54.5 Å². The number of aromatic hydroxyl groups is 1. The van der Waals surface area contributed by atoms with Crippen molar-refractivity contribution < 1.29 is 14.7 Å². The Balaban J connectivity index is 1.54. The zero-order valence-corrected chi connectivity index (χ0v) is 16.4. The van der Waals surface area contributed by atoms with Crippen LogP contribution < -0.4 is 5.32 Å². The van der Waals surface area contributed by atoms with Gasteiger partial charge in [-0.2, -0.15) is 0 Å². The number of phenolic OH excluding ortho intramolecular Hbond substituents is 1. The van der Waals surface area contributed by atoms with Gasteiger partial charge in [-0.25, -0.2) is 0 Å². The van der Waals surface area contributed by atoms with E-state index in [9.17, 15) is 14.7 Å². The number of likely N-dealkylation sites (N-methyl/N-ethyl adjacent to an activating group) is 1. The first-order chi connectivity index (χ1) is 14.0. The molecule has 7 nitrogen and oxygen atoms in total. The van der Waals surface area contributed by atoms with Crippen molar-refractivity contribution in [1.29, 1.82) is 0 Å². The highest BCUT2D eigenvalue weighted by molar-refractivity contribution is 6.30. The van der Waals surface area contributed by atoms with Crippen molar-refractivity contribution in [3.05, 3.63) is 41.5 Å². The minimum absolute atomic E-state index is 0.149. The molecule has 1 fully saturated rings. The van der Waals surface area contributed by atoms with E-state index in [2.05, 4.69) is 26.7 Å². The number of nitrogens with one attached hydrogen (secondary N) is 1. The fraction of sp³-hybridized carbons (Fsp3) is 0.364. The zero-order valence-electron chi connectivity index (χ0n) is 16.4. The molecule has 2 aliphatic heterocycles. The van der Waals surface area contributed by atoms with Gasteiger partial charge in [-0.1, -0.05) is 0 Å². The molecule has 3 aromatic rings. The number of nitrogens with zero attached hydrogens (tertiary/aromatic N) is 3. The third-order valence-electron chi connectivity index (χ3n) is 6.17. The van der Waals surface area contributed by atoms with E-state index in [1.807, 2.05) is 12.1 Å². The van der Waals surface area contributed by atoms with Crippen LogP contribution in [0.4, 0.5) is 0 Å². The maximum atomic E-state index is 12.5. The fourth-order valence-electron chi connectivity index (χ4n) is 4.60. The van der Waals surface area contributed by atoms with Gasteiger partial charge in [0.25, 0.3) is 11.8 Å². The maximum absolute atomic E-state index is 12.5. The SMILES string of the molecule is CN1CCN(CCCn2c3ccc(O)cc3c3c4c(ccc32)C(=O)NC4=O)CC1. The van der Waals surface area contributed by atoms with Gasteiger partial charge in [0.1, 0.15) is 5.75 Å². The van der Waals surface area contributed by atoms with Crippen LogP contribution in [0, 0.1) is 0 Å². The summed E-state index contributed by atoms with van der Waals surface area (Å²) in [5.41, 5.74) is 2.72. The van der Waals surface area contributed by atoms with Crippen LogP contribution in [0.3, 0.4) is 0 Å². The van der Waals surface area contributed by atoms with Crippen molar-refractivity contribution in [3.8, 4) is 5.75 Å². The van der Waals surface area contributed by atoms with E-state index in [1.54, 1.807) is 18.2 Å². The zero-order chi connectivity index (χ0) is 20.1. The number of hydrogen-bond donors (Lipinski definition) is 2. The number of hydrogen-bond acceptors (Lipinski definition) is 5. The van der Waals surface area contributed by atoms with Gasteiger partial charge in [-0.3, -0.25) is 14.9 Å². The van der Waals surface area contributed by atoms with E-state index >= 15 is 0 Å². The molecule has 3 heterocycles. The summed E-state index contributed by atoms with van der Waals surface area (Å²) >= 11 is 0. The number of fused-ring (bicyclic) bond motifs is 5. The molecular weight excluding hydrogens is 368 g/mol. The molecule has 0 bridgehead atoms. The second-order valence-corrected chi connectivity index (χ2v) is 8.02. The predicted molar refractivity (Wildman–Crippen MR) is 111 cm³/mol. The molecule has 0 unspecified atom stereocenters. The molecule has 2 aliphatic rings. The first-order valence-corrected chi connectivity index (χ1v) is 10.1. The Morgan fingerprint density at radius 2 is 1.72 bits per heavy atom. The molecule has 7 heteroatoms. The lowest BCUT2D eigenvalue weighted by Gasteiger charge is -2.32. The van der Waals surface area contributed by atoms with Crippen LogP contribution in [-0.2, 0) is 6.54 Å². The van der Waals surface area contributed by atoms with Gasteiger partial charge in [-0.15, -0.1) is 0 Å². The van der Waals surface area contributed by atoms with Crippen LogP contribution in [-0.4, -0.2) is 71.1 Å². The standard InChI is InChI=1S/C22H24N4O3/c1-24-9-11-25(12-10-24)7-2-8-26-17-5-3-14(27)13-16(17)19-18(26)6-4-15-20(19)22(29)23-21(15)28/h3-6,13,27H,2,7-12H2,1H3,(H,23,28,29). The first-order valence-electron chi connectivity index (χ1n) is 10.1. The summed E-state index contributed by atoms with van der Waals surface area (Å²) in [6.45, 7) is 6.22. The normalized spacial score (nSPS) is 18.0. The molecule has 1 aromatic heterocycles. The van der Waals surface area contributed by atoms with Crippen molar-refractivity contribution in [1.82, 2.24) is 19.7 Å². The number of phenols is 1. The van der Waals surface area contributed by atoms with Crippen LogP contribution >= 0.6 is 0 Å². The summed E-state index contributed by atoms with van der Waals surface area (Å²) in [6, 6.07) is 8.89. The molecule has 0 aliphatic carbocycles. The number of rotatable bonds is 4. The predicted octanol–water partition coefficient (Wildman–Crippen LogP) is 2.02. The molecule has 29 heavy (non-hydrogen) atoms. The van der Waals surface area contributed by atoms with Crippen LogP contribution in [0.15, 0.2) is 30.3 Å². The summed E-state index contributed by atoms with van der Waals surface area (Å²) in [7, 11) is 2.16.